The van der Waals surface area contributed by atoms with Crippen LogP contribution in [0, 0.1) is 23.7 Å². The summed E-state index contributed by atoms with van der Waals surface area (Å²) < 4.78 is 24.5. The molecule has 0 saturated carbocycles. The van der Waals surface area contributed by atoms with Crippen molar-refractivity contribution in [1.82, 2.24) is 19.8 Å². The molecular formula is C40H44N4O6. The molecule has 2 aromatic carbocycles. The molecule has 10 heteroatoms. The number of nitrogens with zero attached hydrogens (tertiary/aromatic N) is 4. The van der Waals surface area contributed by atoms with Crippen molar-refractivity contribution in [3.63, 3.8) is 0 Å². The molecule has 10 fully saturated rings. The first-order valence-electron chi connectivity index (χ1n) is 18.2. The van der Waals surface area contributed by atoms with Crippen molar-refractivity contribution in [2.24, 2.45) is 23.7 Å². The molecule has 14 rings (SSSR count). The van der Waals surface area contributed by atoms with Crippen molar-refractivity contribution in [1.29, 1.82) is 0 Å². The molecule has 260 valence electrons. The zero-order valence-electron chi connectivity index (χ0n) is 28.7. The quantitative estimate of drug-likeness (QED) is 0.244. The van der Waals surface area contributed by atoms with E-state index in [1.807, 2.05) is 60.9 Å². The van der Waals surface area contributed by atoms with E-state index in [0.29, 0.717) is 24.7 Å². The molecule has 0 N–H and O–H groups in total. The largest absolute Gasteiger partial charge is 0.497 e. The van der Waals surface area contributed by atoms with E-state index < -0.39 is 12.2 Å². The summed E-state index contributed by atoms with van der Waals surface area (Å²) >= 11 is 0. The SMILES string of the molecule is COc1ccc2nccc([C@@H]3OC(=O)C[C@H]4CN5CC[C@H]4C[C@@H]5[C@H](c4ccnc5ccc(OC)cc45)OC(=O)C[C@@H]4CN5CC[C@H]4C[C@H]35)c2c1. The van der Waals surface area contributed by atoms with Crippen molar-refractivity contribution >= 4 is 33.7 Å². The van der Waals surface area contributed by atoms with Gasteiger partial charge in [0.25, 0.3) is 0 Å². The lowest BCUT2D eigenvalue weighted by Crippen LogP contribution is -2.57. The van der Waals surface area contributed by atoms with Gasteiger partial charge in [-0.2, -0.15) is 0 Å². The van der Waals surface area contributed by atoms with Crippen molar-refractivity contribution in [2.75, 3.05) is 40.4 Å². The minimum Gasteiger partial charge on any atom is -0.497 e. The maximum absolute atomic E-state index is 14.1. The van der Waals surface area contributed by atoms with Crippen LogP contribution in [0.25, 0.3) is 21.8 Å². The van der Waals surface area contributed by atoms with E-state index in [4.69, 9.17) is 18.9 Å². The molecule has 8 bridgehead atoms. The molecule has 10 atom stereocenters. The summed E-state index contributed by atoms with van der Waals surface area (Å²) in [6.45, 7) is 3.36. The van der Waals surface area contributed by atoms with Gasteiger partial charge in [-0.05, 0) is 111 Å². The van der Waals surface area contributed by atoms with Crippen LogP contribution in [0.3, 0.4) is 0 Å². The smallest absolute Gasteiger partial charge is 0.306 e. The highest BCUT2D eigenvalue weighted by Crippen LogP contribution is 2.48. The van der Waals surface area contributed by atoms with Crippen LogP contribution in [-0.2, 0) is 19.1 Å². The van der Waals surface area contributed by atoms with Crippen molar-refractivity contribution in [2.45, 2.75) is 62.8 Å². The molecule has 10 aliphatic heterocycles. The Labute approximate surface area is 292 Å². The predicted molar refractivity (Wildman–Crippen MR) is 187 cm³/mol. The van der Waals surface area contributed by atoms with E-state index >= 15 is 0 Å². The molecule has 0 amide bonds. The first-order valence-corrected chi connectivity index (χ1v) is 18.2. The zero-order chi connectivity index (χ0) is 33.9. The number of carbonyl (C=O) groups excluding carboxylic acids is 2. The van der Waals surface area contributed by atoms with Crippen molar-refractivity contribution < 1.29 is 28.5 Å². The topological polar surface area (TPSA) is 103 Å². The average molecular weight is 677 g/mol. The number of hydrogen-bond acceptors (Lipinski definition) is 10. The van der Waals surface area contributed by atoms with Gasteiger partial charge in [0.1, 0.15) is 23.7 Å². The molecular weight excluding hydrogens is 632 g/mol. The van der Waals surface area contributed by atoms with Crippen molar-refractivity contribution in [3.05, 3.63) is 72.1 Å². The van der Waals surface area contributed by atoms with Crippen LogP contribution >= 0.6 is 0 Å². The molecule has 2 unspecified atom stereocenters. The summed E-state index contributed by atoms with van der Waals surface area (Å²) in [5.74, 6) is 2.22. The van der Waals surface area contributed by atoms with Crippen LogP contribution in [0.2, 0.25) is 0 Å². The second-order valence-electron chi connectivity index (χ2n) is 15.0. The summed E-state index contributed by atoms with van der Waals surface area (Å²) in [6, 6.07) is 15.8. The third-order valence-electron chi connectivity index (χ3n) is 12.5. The van der Waals surface area contributed by atoms with Crippen LogP contribution in [0.1, 0.15) is 61.9 Å². The lowest BCUT2D eigenvalue weighted by atomic mass is 9.71. The van der Waals surface area contributed by atoms with E-state index in [9.17, 15) is 9.59 Å². The van der Waals surface area contributed by atoms with E-state index in [-0.39, 0.29) is 35.9 Å². The third-order valence-corrected chi connectivity index (χ3v) is 12.5. The molecule has 10 nitrogen and oxygen atoms in total. The van der Waals surface area contributed by atoms with Crippen LogP contribution < -0.4 is 9.47 Å². The molecule has 12 heterocycles. The van der Waals surface area contributed by atoms with E-state index in [0.717, 1.165) is 96.3 Å². The van der Waals surface area contributed by atoms with Crippen LogP contribution in [0.15, 0.2) is 60.9 Å². The fraction of sp³-hybridized carbons (Fsp3) is 0.500. The normalized spacial score (nSPS) is 33.8. The highest BCUT2D eigenvalue weighted by Gasteiger charge is 2.49. The molecule has 4 aromatic rings. The van der Waals surface area contributed by atoms with Gasteiger partial charge in [-0.15, -0.1) is 0 Å². The molecule has 50 heavy (non-hydrogen) atoms. The Hall–Kier alpha value is -4.28. The minimum absolute atomic E-state index is 0.0107. The van der Waals surface area contributed by atoms with Gasteiger partial charge < -0.3 is 18.9 Å². The van der Waals surface area contributed by atoms with Crippen LogP contribution in [0.5, 0.6) is 11.5 Å². The van der Waals surface area contributed by atoms with Gasteiger partial charge in [0, 0.05) is 60.2 Å². The average Bonchev–Trinajstić information content (AvgIpc) is 3.15. The summed E-state index contributed by atoms with van der Waals surface area (Å²) in [4.78, 5) is 42.4. The predicted octanol–water partition coefficient (Wildman–Crippen LogP) is 5.88. The number of pyridine rings is 2. The van der Waals surface area contributed by atoms with Gasteiger partial charge in [0.2, 0.25) is 0 Å². The van der Waals surface area contributed by atoms with Crippen LogP contribution in [0.4, 0.5) is 0 Å². The third kappa shape index (κ3) is 5.57. The first-order chi connectivity index (χ1) is 24.4. The fourth-order valence-electron chi connectivity index (χ4n) is 10.0. The number of rotatable bonds is 4. The molecule has 0 aliphatic carbocycles. The monoisotopic (exact) mass is 676 g/mol. The first kappa shape index (κ1) is 31.7. The number of aromatic nitrogens is 2. The number of piperidine rings is 6. The zero-order valence-corrected chi connectivity index (χ0v) is 28.7. The van der Waals surface area contributed by atoms with Gasteiger partial charge >= 0.3 is 11.9 Å². The Kier molecular flexibility index (Phi) is 8.11. The second kappa shape index (κ2) is 12.8. The van der Waals surface area contributed by atoms with Gasteiger partial charge in [-0.1, -0.05) is 0 Å². The van der Waals surface area contributed by atoms with E-state index in [1.165, 1.54) is 0 Å². The van der Waals surface area contributed by atoms with Crippen LogP contribution in [-0.4, -0.2) is 84.2 Å². The minimum atomic E-state index is -0.445. The molecule has 10 saturated heterocycles. The number of benzene rings is 2. The molecule has 0 radical (unpaired) electrons. The highest BCUT2D eigenvalue weighted by atomic mass is 16.5. The lowest BCUT2D eigenvalue weighted by Gasteiger charge is -2.53. The number of carbonyl (C=O) groups is 2. The number of methoxy groups -OCH3 is 2. The molecule has 0 spiro atoms. The molecule has 10 aliphatic rings. The molecule has 2 aromatic heterocycles. The Morgan fingerprint density at radius 1 is 0.640 bits per heavy atom. The standard InChI is InChI=1S/C40H44N4O6/c1-47-27-3-5-33-31(19-27)29(7-11-41-33)39-35-15-23-9-13-43(35)21-26(23)18-38(46)50-40(30-8-12-42-34-6-4-28(48-2)20-32(30)34)36-16-24-10-14-44(36)22-25(24)17-37(45)49-39/h3-8,11-12,19-20,23-26,35-36,39-40H,9-10,13-18,21-22H2,1-2H3/t23-,24-,25-,26+,35+,36+,39-,40-/m0/s1. The van der Waals surface area contributed by atoms with E-state index in [1.54, 1.807) is 14.2 Å². The Bertz CT molecular complexity index is 1810. The number of esters is 2. The van der Waals surface area contributed by atoms with Gasteiger partial charge in [-0.25, -0.2) is 0 Å². The summed E-state index contributed by atoms with van der Waals surface area (Å²) in [7, 11) is 3.33. The fourth-order valence-corrected chi connectivity index (χ4v) is 10.0. The number of fused-ring (bicyclic) bond motifs is 4. The van der Waals surface area contributed by atoms with Gasteiger partial charge in [-0.3, -0.25) is 29.4 Å². The van der Waals surface area contributed by atoms with Gasteiger partial charge in [0.15, 0.2) is 0 Å². The maximum Gasteiger partial charge on any atom is 0.306 e. The second-order valence-corrected chi connectivity index (χ2v) is 15.0. The Morgan fingerprint density at radius 2 is 1.10 bits per heavy atom. The van der Waals surface area contributed by atoms with Crippen molar-refractivity contribution in [3.8, 4) is 11.5 Å². The van der Waals surface area contributed by atoms with Gasteiger partial charge in [0.05, 0.1) is 37.3 Å². The number of hydrogen-bond donors (Lipinski definition) is 0. The number of ether oxygens (including phenoxy) is 4. The maximum atomic E-state index is 14.1. The Morgan fingerprint density at radius 3 is 1.50 bits per heavy atom. The Balaban J connectivity index is 1.09. The highest BCUT2D eigenvalue weighted by molar-refractivity contribution is 5.85. The lowest BCUT2D eigenvalue weighted by molar-refractivity contribution is -0.169. The summed E-state index contributed by atoms with van der Waals surface area (Å²) in [5.41, 5.74) is 3.63. The summed E-state index contributed by atoms with van der Waals surface area (Å²) in [5, 5.41) is 1.89. The van der Waals surface area contributed by atoms with E-state index in [2.05, 4.69) is 19.8 Å². The summed E-state index contributed by atoms with van der Waals surface area (Å²) in [6.07, 6.45) is 7.21.